The van der Waals surface area contributed by atoms with Crippen LogP contribution in [0.4, 0.5) is 0 Å². The molecule has 0 bridgehead atoms. The van der Waals surface area contributed by atoms with Gasteiger partial charge in [0.15, 0.2) is 5.60 Å². The van der Waals surface area contributed by atoms with E-state index >= 15 is 0 Å². The minimum atomic E-state index is -0.939. The summed E-state index contributed by atoms with van der Waals surface area (Å²) in [6.45, 7) is 0. The summed E-state index contributed by atoms with van der Waals surface area (Å²) in [6.07, 6.45) is -0.142. The molecular formula is C26H18O2. The molecule has 4 aromatic rings. The molecule has 0 N–H and O–H groups in total. The first-order valence-corrected chi connectivity index (χ1v) is 9.65. The molecule has 1 heterocycles. The quantitative estimate of drug-likeness (QED) is 0.451. The molecule has 28 heavy (non-hydrogen) atoms. The molecule has 134 valence electrons. The Kier molecular flexibility index (Phi) is 3.18. The van der Waals surface area contributed by atoms with Gasteiger partial charge in [0.1, 0.15) is 0 Å². The van der Waals surface area contributed by atoms with Crippen molar-refractivity contribution in [3.05, 3.63) is 119 Å². The topological polar surface area (TPSA) is 26.3 Å². The fourth-order valence-corrected chi connectivity index (χ4v) is 5.04. The molecule has 1 aliphatic heterocycles. The van der Waals surface area contributed by atoms with E-state index in [4.69, 9.17) is 4.74 Å². The molecule has 1 fully saturated rings. The second-order valence-electron chi connectivity index (χ2n) is 7.61. The fourth-order valence-electron chi connectivity index (χ4n) is 5.04. The minimum Gasteiger partial charge on any atom is -0.353 e. The number of Topliss-reactive ketones (excluding diaryl/α,β-unsaturated/α-hetero) is 1. The highest BCUT2D eigenvalue weighted by atomic mass is 16.5. The second kappa shape index (κ2) is 5.63. The molecule has 2 heteroatoms. The number of hydrogen-bond donors (Lipinski definition) is 0. The van der Waals surface area contributed by atoms with Crippen molar-refractivity contribution in [2.75, 3.05) is 0 Å². The number of fused-ring (bicyclic) bond motifs is 1. The van der Waals surface area contributed by atoms with Gasteiger partial charge >= 0.3 is 0 Å². The van der Waals surface area contributed by atoms with Gasteiger partial charge in [0.25, 0.3) is 0 Å². The molecule has 0 radical (unpaired) electrons. The SMILES string of the molecule is O=C1c2cccc3cccc(c23)C12OC(c1ccccc1)C2c1ccccc1. The first-order chi connectivity index (χ1) is 13.8. The molecule has 4 aromatic carbocycles. The first kappa shape index (κ1) is 15.8. The van der Waals surface area contributed by atoms with E-state index in [0.717, 1.165) is 33.0 Å². The van der Waals surface area contributed by atoms with Crippen LogP contribution in [0.1, 0.15) is 39.1 Å². The number of carbonyl (C=O) groups is 1. The summed E-state index contributed by atoms with van der Waals surface area (Å²) in [5.41, 5.74) is 3.09. The highest BCUT2D eigenvalue weighted by molar-refractivity contribution is 6.20. The van der Waals surface area contributed by atoms with Crippen molar-refractivity contribution >= 4 is 16.6 Å². The summed E-state index contributed by atoms with van der Waals surface area (Å²) < 4.78 is 6.58. The van der Waals surface area contributed by atoms with Crippen LogP contribution in [0, 0.1) is 0 Å². The van der Waals surface area contributed by atoms with Crippen molar-refractivity contribution in [3.63, 3.8) is 0 Å². The van der Waals surface area contributed by atoms with Crippen LogP contribution >= 0.6 is 0 Å². The van der Waals surface area contributed by atoms with Gasteiger partial charge in [0.2, 0.25) is 5.78 Å². The van der Waals surface area contributed by atoms with Crippen molar-refractivity contribution in [2.45, 2.75) is 17.6 Å². The van der Waals surface area contributed by atoms with Gasteiger partial charge in [0.05, 0.1) is 12.0 Å². The first-order valence-electron chi connectivity index (χ1n) is 9.65. The van der Waals surface area contributed by atoms with E-state index in [-0.39, 0.29) is 17.8 Å². The highest BCUT2D eigenvalue weighted by Crippen LogP contribution is 2.64. The van der Waals surface area contributed by atoms with Crippen molar-refractivity contribution in [3.8, 4) is 0 Å². The Morgan fingerprint density at radius 3 is 2.04 bits per heavy atom. The predicted molar refractivity (Wildman–Crippen MR) is 109 cm³/mol. The van der Waals surface area contributed by atoms with Crippen molar-refractivity contribution in [1.29, 1.82) is 0 Å². The van der Waals surface area contributed by atoms with Crippen molar-refractivity contribution in [1.82, 2.24) is 0 Å². The summed E-state index contributed by atoms with van der Waals surface area (Å²) in [5, 5.41) is 2.14. The number of rotatable bonds is 2. The lowest BCUT2D eigenvalue weighted by Gasteiger charge is -2.53. The lowest BCUT2D eigenvalue weighted by atomic mass is 9.67. The number of ketones is 1. The van der Waals surface area contributed by atoms with Gasteiger partial charge in [-0.15, -0.1) is 0 Å². The van der Waals surface area contributed by atoms with E-state index in [1.165, 1.54) is 0 Å². The molecular weight excluding hydrogens is 344 g/mol. The van der Waals surface area contributed by atoms with E-state index in [9.17, 15) is 4.79 Å². The summed E-state index contributed by atoms with van der Waals surface area (Å²) in [6, 6.07) is 32.7. The van der Waals surface area contributed by atoms with E-state index in [1.807, 2.05) is 54.6 Å². The lowest BCUT2D eigenvalue weighted by molar-refractivity contribution is -0.207. The Balaban J connectivity index is 1.60. The normalized spacial score (nSPS) is 25.2. The lowest BCUT2D eigenvalue weighted by Crippen LogP contribution is -2.54. The van der Waals surface area contributed by atoms with Gasteiger partial charge < -0.3 is 4.74 Å². The molecule has 1 aliphatic carbocycles. The molecule has 1 spiro atoms. The standard InChI is InChI=1S/C26H18O2/c27-25-20-15-7-13-17-14-8-16-21(22(17)20)26(25)23(18-9-3-1-4-10-18)24(28-26)19-11-5-2-6-12-19/h1-16,23-24H. The molecule has 0 amide bonds. The third kappa shape index (κ3) is 1.88. The van der Waals surface area contributed by atoms with Crippen LogP contribution in [0.15, 0.2) is 97.1 Å². The van der Waals surface area contributed by atoms with Gasteiger partial charge in [-0.1, -0.05) is 97.1 Å². The third-order valence-electron chi connectivity index (χ3n) is 6.23. The highest BCUT2D eigenvalue weighted by Gasteiger charge is 2.65. The molecule has 1 saturated heterocycles. The van der Waals surface area contributed by atoms with E-state index in [1.54, 1.807) is 0 Å². The van der Waals surface area contributed by atoms with Gasteiger partial charge in [0, 0.05) is 11.1 Å². The largest absolute Gasteiger partial charge is 0.353 e. The monoisotopic (exact) mass is 362 g/mol. The van der Waals surface area contributed by atoms with Crippen LogP contribution in [-0.4, -0.2) is 5.78 Å². The zero-order chi connectivity index (χ0) is 18.7. The Morgan fingerprint density at radius 1 is 0.679 bits per heavy atom. The molecule has 2 nitrogen and oxygen atoms in total. The van der Waals surface area contributed by atoms with Crippen molar-refractivity contribution < 1.29 is 9.53 Å². The zero-order valence-corrected chi connectivity index (χ0v) is 15.2. The van der Waals surface area contributed by atoms with E-state index in [2.05, 4.69) is 42.5 Å². The van der Waals surface area contributed by atoms with E-state index < -0.39 is 5.60 Å². The van der Waals surface area contributed by atoms with Crippen LogP contribution in [0.5, 0.6) is 0 Å². The Hall–Kier alpha value is -3.23. The maximum atomic E-state index is 13.7. The zero-order valence-electron chi connectivity index (χ0n) is 15.2. The van der Waals surface area contributed by atoms with Crippen LogP contribution in [0.2, 0.25) is 0 Å². The third-order valence-corrected chi connectivity index (χ3v) is 6.23. The molecule has 0 aromatic heterocycles. The van der Waals surface area contributed by atoms with Crippen LogP contribution < -0.4 is 0 Å². The Morgan fingerprint density at radius 2 is 1.32 bits per heavy atom. The molecule has 6 rings (SSSR count). The average Bonchev–Trinajstić information content (AvgIpc) is 3.00. The maximum absolute atomic E-state index is 13.7. The summed E-state index contributed by atoms with van der Waals surface area (Å²) in [5.74, 6) is 0.0296. The molecule has 0 saturated carbocycles. The Bertz CT molecular complexity index is 1210. The minimum absolute atomic E-state index is 0.0541. The van der Waals surface area contributed by atoms with Crippen LogP contribution in [0.3, 0.4) is 0 Å². The summed E-state index contributed by atoms with van der Waals surface area (Å²) in [4.78, 5) is 13.7. The van der Waals surface area contributed by atoms with Crippen LogP contribution in [0.25, 0.3) is 10.8 Å². The van der Waals surface area contributed by atoms with Gasteiger partial charge in [-0.25, -0.2) is 0 Å². The molecule has 3 atom stereocenters. The molecule has 3 unspecified atom stereocenters. The second-order valence-corrected chi connectivity index (χ2v) is 7.61. The summed E-state index contributed by atoms with van der Waals surface area (Å²) in [7, 11) is 0. The number of hydrogen-bond acceptors (Lipinski definition) is 2. The maximum Gasteiger partial charge on any atom is 0.200 e. The number of ether oxygens (including phenoxy) is 1. The van der Waals surface area contributed by atoms with Gasteiger partial charge in [-0.2, -0.15) is 0 Å². The van der Waals surface area contributed by atoms with Crippen molar-refractivity contribution in [2.24, 2.45) is 0 Å². The van der Waals surface area contributed by atoms with Gasteiger partial charge in [-0.05, 0) is 21.9 Å². The smallest absolute Gasteiger partial charge is 0.200 e. The Labute approximate surface area is 163 Å². The fraction of sp³-hybridized carbons (Fsp3) is 0.115. The molecule has 2 aliphatic rings. The van der Waals surface area contributed by atoms with Gasteiger partial charge in [-0.3, -0.25) is 4.79 Å². The summed E-state index contributed by atoms with van der Waals surface area (Å²) >= 11 is 0. The van der Waals surface area contributed by atoms with Crippen LogP contribution in [-0.2, 0) is 10.3 Å². The number of benzene rings is 4. The predicted octanol–water partition coefficient (Wildman–Crippen LogP) is 5.79. The van der Waals surface area contributed by atoms with E-state index in [0.29, 0.717) is 0 Å². The average molecular weight is 362 g/mol. The number of carbonyl (C=O) groups excluding carboxylic acids is 1.